The molecule has 4 rings (SSSR count). The minimum atomic E-state index is -0.673. The van der Waals surface area contributed by atoms with Gasteiger partial charge in [0.1, 0.15) is 11.2 Å². The molecule has 3 aromatic rings. The molecule has 0 saturated carbocycles. The summed E-state index contributed by atoms with van der Waals surface area (Å²) < 4.78 is 15.7. The van der Waals surface area contributed by atoms with Crippen molar-refractivity contribution in [3.63, 3.8) is 0 Å². The van der Waals surface area contributed by atoms with Crippen LogP contribution in [0, 0.1) is 0 Å². The first-order valence-corrected chi connectivity index (χ1v) is 10.2. The van der Waals surface area contributed by atoms with E-state index in [-0.39, 0.29) is 11.3 Å². The van der Waals surface area contributed by atoms with Crippen molar-refractivity contribution in [3.05, 3.63) is 78.2 Å². The molecule has 1 aromatic heterocycles. The summed E-state index contributed by atoms with van der Waals surface area (Å²) in [6, 6.07) is 13.2. The van der Waals surface area contributed by atoms with E-state index in [2.05, 4.69) is 4.98 Å². The van der Waals surface area contributed by atoms with Gasteiger partial charge in [-0.1, -0.05) is 6.08 Å². The number of hydrogen-bond donors (Lipinski definition) is 0. The molecular formula is C25H23N3O5. The zero-order valence-electron chi connectivity index (χ0n) is 18.7. The van der Waals surface area contributed by atoms with Crippen molar-refractivity contribution in [2.75, 3.05) is 38.1 Å². The summed E-state index contributed by atoms with van der Waals surface area (Å²) in [5, 5.41) is 0. The molecule has 0 spiro atoms. The first kappa shape index (κ1) is 21.9. The van der Waals surface area contributed by atoms with Crippen LogP contribution in [0.1, 0.15) is 0 Å². The minimum Gasteiger partial charge on any atom is -0.465 e. The Morgan fingerprint density at radius 2 is 1.70 bits per heavy atom. The first-order chi connectivity index (χ1) is 15.9. The molecule has 8 nitrogen and oxygen atoms in total. The average molecular weight is 445 g/mol. The van der Waals surface area contributed by atoms with Crippen LogP contribution in [0.5, 0.6) is 0 Å². The Morgan fingerprint density at radius 1 is 0.970 bits per heavy atom. The van der Waals surface area contributed by atoms with Gasteiger partial charge >= 0.3 is 11.9 Å². The standard InChI is InChI=1S/C25H23N3O5/c1-27(2)17-10-8-16(9-11-17)23-26-20-15-18(12-13-21(20)33-23)28-14-6-5-7-19(24(29)31-3)22(28)25(30)32-4/h5-15H,1-4H3. The molecule has 0 bridgehead atoms. The third kappa shape index (κ3) is 4.23. The Bertz CT molecular complexity index is 1300. The van der Waals surface area contributed by atoms with E-state index in [0.717, 1.165) is 11.3 Å². The second kappa shape index (κ2) is 9.04. The van der Waals surface area contributed by atoms with Crippen molar-refractivity contribution in [2.24, 2.45) is 0 Å². The van der Waals surface area contributed by atoms with Gasteiger partial charge in [-0.2, -0.15) is 0 Å². The topological polar surface area (TPSA) is 85.1 Å². The van der Waals surface area contributed by atoms with Gasteiger partial charge in [-0.25, -0.2) is 14.6 Å². The maximum absolute atomic E-state index is 12.6. The van der Waals surface area contributed by atoms with Crippen molar-refractivity contribution in [1.29, 1.82) is 0 Å². The molecule has 1 aliphatic heterocycles. The molecule has 0 aliphatic carbocycles. The molecule has 0 atom stereocenters. The minimum absolute atomic E-state index is 0.0386. The summed E-state index contributed by atoms with van der Waals surface area (Å²) in [7, 11) is 6.47. The molecule has 2 heterocycles. The lowest BCUT2D eigenvalue weighted by atomic mass is 10.1. The van der Waals surface area contributed by atoms with E-state index >= 15 is 0 Å². The Morgan fingerprint density at radius 3 is 2.36 bits per heavy atom. The third-order valence-electron chi connectivity index (χ3n) is 5.17. The highest BCUT2D eigenvalue weighted by molar-refractivity contribution is 6.05. The highest BCUT2D eigenvalue weighted by atomic mass is 16.5. The lowest BCUT2D eigenvalue weighted by molar-refractivity contribution is -0.139. The van der Waals surface area contributed by atoms with E-state index in [1.807, 2.05) is 43.3 Å². The van der Waals surface area contributed by atoms with Crippen molar-refractivity contribution >= 4 is 34.4 Å². The molecule has 33 heavy (non-hydrogen) atoms. The van der Waals surface area contributed by atoms with Crippen LogP contribution in [0.15, 0.2) is 82.6 Å². The lowest BCUT2D eigenvalue weighted by Crippen LogP contribution is -2.26. The number of carbonyl (C=O) groups is 2. The summed E-state index contributed by atoms with van der Waals surface area (Å²) in [6.45, 7) is 0. The van der Waals surface area contributed by atoms with Crippen LogP contribution in [0.3, 0.4) is 0 Å². The predicted molar refractivity (Wildman–Crippen MR) is 126 cm³/mol. The van der Waals surface area contributed by atoms with Gasteiger partial charge in [-0.3, -0.25) is 0 Å². The zero-order chi connectivity index (χ0) is 23.5. The van der Waals surface area contributed by atoms with Gasteiger partial charge in [-0.15, -0.1) is 0 Å². The van der Waals surface area contributed by atoms with Gasteiger partial charge in [0.15, 0.2) is 5.58 Å². The summed E-state index contributed by atoms with van der Waals surface area (Å²) in [5.74, 6) is -0.834. The van der Waals surface area contributed by atoms with Crippen molar-refractivity contribution < 1.29 is 23.5 Å². The third-order valence-corrected chi connectivity index (χ3v) is 5.17. The Labute approximate surface area is 191 Å². The van der Waals surface area contributed by atoms with E-state index in [0.29, 0.717) is 22.7 Å². The molecule has 2 aromatic carbocycles. The number of oxazole rings is 1. The van der Waals surface area contributed by atoms with Gasteiger partial charge in [0.2, 0.25) is 5.89 Å². The molecule has 0 amide bonds. The highest BCUT2D eigenvalue weighted by Crippen LogP contribution is 2.31. The van der Waals surface area contributed by atoms with Crippen LogP contribution in [-0.4, -0.2) is 45.2 Å². The van der Waals surface area contributed by atoms with E-state index in [4.69, 9.17) is 13.9 Å². The van der Waals surface area contributed by atoms with Gasteiger partial charge in [0.05, 0.1) is 19.8 Å². The zero-order valence-corrected chi connectivity index (χ0v) is 18.7. The Kier molecular flexibility index (Phi) is 5.99. The number of ether oxygens (including phenoxy) is 2. The Balaban J connectivity index is 1.77. The van der Waals surface area contributed by atoms with Crippen molar-refractivity contribution in [2.45, 2.75) is 0 Å². The van der Waals surface area contributed by atoms with Gasteiger partial charge < -0.3 is 23.7 Å². The molecule has 0 N–H and O–H groups in total. The van der Waals surface area contributed by atoms with Gasteiger partial charge in [0.25, 0.3) is 0 Å². The second-order valence-electron chi connectivity index (χ2n) is 7.43. The fourth-order valence-electron chi connectivity index (χ4n) is 3.46. The predicted octanol–water partition coefficient (Wildman–Crippen LogP) is 4.05. The van der Waals surface area contributed by atoms with E-state index in [1.165, 1.54) is 20.3 Å². The fraction of sp³-hybridized carbons (Fsp3) is 0.160. The molecule has 8 heteroatoms. The number of fused-ring (bicyclic) bond motifs is 1. The van der Waals surface area contributed by atoms with E-state index in [1.54, 1.807) is 41.5 Å². The number of aromatic nitrogens is 1. The van der Waals surface area contributed by atoms with Crippen LogP contribution in [-0.2, 0) is 19.1 Å². The maximum atomic E-state index is 12.6. The van der Waals surface area contributed by atoms with Crippen LogP contribution in [0.2, 0.25) is 0 Å². The average Bonchev–Trinajstić information content (AvgIpc) is 3.14. The molecule has 168 valence electrons. The number of anilines is 2. The molecule has 0 saturated heterocycles. The maximum Gasteiger partial charge on any atom is 0.355 e. The van der Waals surface area contributed by atoms with Gasteiger partial charge in [0, 0.05) is 37.2 Å². The highest BCUT2D eigenvalue weighted by Gasteiger charge is 2.27. The number of rotatable bonds is 5. The number of methoxy groups -OCH3 is 2. The lowest BCUT2D eigenvalue weighted by Gasteiger charge is -2.22. The van der Waals surface area contributed by atoms with E-state index in [9.17, 15) is 9.59 Å². The summed E-state index contributed by atoms with van der Waals surface area (Å²) in [6.07, 6.45) is 6.54. The largest absolute Gasteiger partial charge is 0.465 e. The van der Waals surface area contributed by atoms with Crippen LogP contribution >= 0.6 is 0 Å². The molecule has 0 unspecified atom stereocenters. The normalized spacial score (nSPS) is 13.3. The summed E-state index contributed by atoms with van der Waals surface area (Å²) in [5.41, 5.74) is 3.84. The van der Waals surface area contributed by atoms with E-state index < -0.39 is 11.9 Å². The first-order valence-electron chi connectivity index (χ1n) is 10.2. The number of allylic oxidation sites excluding steroid dienone is 2. The number of carbonyl (C=O) groups excluding carboxylic acids is 2. The quantitative estimate of drug-likeness (QED) is 0.544. The second-order valence-corrected chi connectivity index (χ2v) is 7.43. The summed E-state index contributed by atoms with van der Waals surface area (Å²) in [4.78, 5) is 33.2. The number of nitrogens with zero attached hydrogens (tertiary/aromatic N) is 3. The van der Waals surface area contributed by atoms with Crippen molar-refractivity contribution in [1.82, 2.24) is 4.98 Å². The smallest absolute Gasteiger partial charge is 0.355 e. The monoisotopic (exact) mass is 445 g/mol. The summed E-state index contributed by atoms with van der Waals surface area (Å²) >= 11 is 0. The molecule has 0 radical (unpaired) electrons. The Hall–Kier alpha value is -4.33. The SMILES string of the molecule is COC(=O)C1=C(C(=O)OC)N(c2ccc3oc(-c4ccc(N(C)C)cc4)nc3c2)C=CC=C1. The number of hydrogen-bond acceptors (Lipinski definition) is 8. The molecular weight excluding hydrogens is 422 g/mol. The molecule has 0 fully saturated rings. The van der Waals surface area contributed by atoms with Crippen LogP contribution in [0.25, 0.3) is 22.6 Å². The van der Waals surface area contributed by atoms with Crippen molar-refractivity contribution in [3.8, 4) is 11.5 Å². The van der Waals surface area contributed by atoms with Crippen LogP contribution < -0.4 is 9.80 Å². The number of esters is 2. The fourth-order valence-corrected chi connectivity index (χ4v) is 3.46. The van der Waals surface area contributed by atoms with Crippen LogP contribution in [0.4, 0.5) is 11.4 Å². The molecule has 1 aliphatic rings. The van der Waals surface area contributed by atoms with Gasteiger partial charge in [-0.05, 0) is 54.6 Å². The number of benzene rings is 2.